The molecular formula is C9H20N4O2. The molecule has 15 heavy (non-hydrogen) atoms. The molecule has 1 heterocycles. The highest BCUT2D eigenvalue weighted by Gasteiger charge is 2.19. The molecule has 0 aromatic heterocycles. The molecule has 88 valence electrons. The molecule has 1 unspecified atom stereocenters. The van der Waals surface area contributed by atoms with Crippen molar-refractivity contribution in [1.29, 1.82) is 0 Å². The Labute approximate surface area is 89.8 Å². The second-order valence-corrected chi connectivity index (χ2v) is 3.87. The third kappa shape index (κ3) is 4.13. The summed E-state index contributed by atoms with van der Waals surface area (Å²) in [5.74, 6) is -0.451. The summed E-state index contributed by atoms with van der Waals surface area (Å²) in [6.45, 7) is 5.01. The van der Waals surface area contributed by atoms with Crippen LogP contribution in [0.2, 0.25) is 0 Å². The highest BCUT2D eigenvalue weighted by molar-refractivity contribution is 5.79. The first-order valence-corrected chi connectivity index (χ1v) is 5.24. The molecule has 6 heteroatoms. The first-order chi connectivity index (χ1) is 7.13. The zero-order valence-electron chi connectivity index (χ0n) is 8.93. The fourth-order valence-electron chi connectivity index (χ4n) is 1.71. The normalized spacial score (nSPS) is 21.5. The number of rotatable bonds is 5. The molecule has 6 nitrogen and oxygen atoms in total. The Bertz CT molecular complexity index is 204. The predicted molar refractivity (Wildman–Crippen MR) is 57.1 cm³/mol. The van der Waals surface area contributed by atoms with Crippen molar-refractivity contribution in [1.82, 2.24) is 9.80 Å². The average Bonchev–Trinajstić information content (AvgIpc) is 2.21. The van der Waals surface area contributed by atoms with Crippen LogP contribution in [0.25, 0.3) is 0 Å². The quantitative estimate of drug-likeness (QED) is 0.469. The van der Waals surface area contributed by atoms with Crippen LogP contribution >= 0.6 is 0 Å². The van der Waals surface area contributed by atoms with Crippen LogP contribution in [0.1, 0.15) is 0 Å². The van der Waals surface area contributed by atoms with Crippen LogP contribution in [-0.4, -0.2) is 72.7 Å². The van der Waals surface area contributed by atoms with Gasteiger partial charge in [-0.3, -0.25) is 14.6 Å². The van der Waals surface area contributed by atoms with Crippen molar-refractivity contribution in [2.75, 3.05) is 45.9 Å². The van der Waals surface area contributed by atoms with Crippen LogP contribution in [0.15, 0.2) is 0 Å². The van der Waals surface area contributed by atoms with Crippen molar-refractivity contribution >= 4 is 5.91 Å². The van der Waals surface area contributed by atoms with Gasteiger partial charge in [-0.05, 0) is 0 Å². The van der Waals surface area contributed by atoms with Gasteiger partial charge in [-0.2, -0.15) is 0 Å². The molecule has 0 aromatic rings. The van der Waals surface area contributed by atoms with Gasteiger partial charge in [0.15, 0.2) is 0 Å². The number of hydrogen-bond acceptors (Lipinski definition) is 5. The van der Waals surface area contributed by atoms with E-state index in [1.165, 1.54) is 0 Å². The Kier molecular flexibility index (Phi) is 4.97. The molecule has 0 spiro atoms. The van der Waals surface area contributed by atoms with E-state index in [-0.39, 0.29) is 6.61 Å². The third-order valence-corrected chi connectivity index (χ3v) is 2.70. The van der Waals surface area contributed by atoms with E-state index in [4.69, 9.17) is 16.6 Å². The second-order valence-electron chi connectivity index (χ2n) is 3.87. The van der Waals surface area contributed by atoms with Gasteiger partial charge in [0.05, 0.1) is 12.6 Å². The van der Waals surface area contributed by atoms with Gasteiger partial charge in [0.1, 0.15) is 0 Å². The summed E-state index contributed by atoms with van der Waals surface area (Å²) in [6.07, 6.45) is 0. The number of aliphatic hydroxyl groups is 1. The molecule has 1 atom stereocenters. The Hall–Kier alpha value is -0.690. The van der Waals surface area contributed by atoms with Gasteiger partial charge in [0.2, 0.25) is 5.91 Å². The summed E-state index contributed by atoms with van der Waals surface area (Å²) >= 11 is 0. The highest BCUT2D eigenvalue weighted by Crippen LogP contribution is 2.01. The van der Waals surface area contributed by atoms with E-state index >= 15 is 0 Å². The lowest BCUT2D eigenvalue weighted by Crippen LogP contribution is -2.53. The Morgan fingerprint density at radius 1 is 1.27 bits per heavy atom. The first kappa shape index (κ1) is 12.4. The highest BCUT2D eigenvalue weighted by atomic mass is 16.3. The molecule has 1 fully saturated rings. The first-order valence-electron chi connectivity index (χ1n) is 5.24. The molecule has 1 rings (SSSR count). The molecule has 0 bridgehead atoms. The monoisotopic (exact) mass is 216 g/mol. The van der Waals surface area contributed by atoms with Crippen molar-refractivity contribution in [3.63, 3.8) is 0 Å². The van der Waals surface area contributed by atoms with E-state index in [0.29, 0.717) is 6.54 Å². The number of β-amino-alcohol motifs (C(OH)–C–C–N with tert-alkyl or cyclic N) is 1. The van der Waals surface area contributed by atoms with E-state index in [9.17, 15) is 4.79 Å². The van der Waals surface area contributed by atoms with Crippen molar-refractivity contribution in [2.24, 2.45) is 11.5 Å². The third-order valence-electron chi connectivity index (χ3n) is 2.70. The number of carbonyl (C=O) groups excluding carboxylic acids is 1. The molecule has 0 radical (unpaired) electrons. The van der Waals surface area contributed by atoms with Crippen molar-refractivity contribution in [2.45, 2.75) is 6.04 Å². The number of primary amides is 1. The number of nitrogens with zero attached hydrogens (tertiary/aromatic N) is 2. The maximum Gasteiger partial charge on any atom is 0.235 e. The SMILES string of the molecule is NC(=O)C(N)CN1CCN(CCO)CC1. The molecule has 1 amide bonds. The van der Waals surface area contributed by atoms with E-state index < -0.39 is 11.9 Å². The van der Waals surface area contributed by atoms with Crippen LogP contribution in [0.3, 0.4) is 0 Å². The van der Waals surface area contributed by atoms with Gasteiger partial charge < -0.3 is 16.6 Å². The van der Waals surface area contributed by atoms with Gasteiger partial charge in [-0.15, -0.1) is 0 Å². The summed E-state index contributed by atoms with van der Waals surface area (Å²) in [7, 11) is 0. The Morgan fingerprint density at radius 3 is 2.27 bits per heavy atom. The number of aliphatic hydroxyl groups excluding tert-OH is 1. The molecule has 5 N–H and O–H groups in total. The van der Waals surface area contributed by atoms with Crippen LogP contribution in [0, 0.1) is 0 Å². The van der Waals surface area contributed by atoms with Gasteiger partial charge >= 0.3 is 0 Å². The lowest BCUT2D eigenvalue weighted by molar-refractivity contribution is -0.119. The van der Waals surface area contributed by atoms with Crippen molar-refractivity contribution < 1.29 is 9.90 Å². The molecule has 1 saturated heterocycles. The molecule has 0 saturated carbocycles. The molecular weight excluding hydrogens is 196 g/mol. The Balaban J connectivity index is 2.22. The zero-order chi connectivity index (χ0) is 11.3. The summed E-state index contributed by atoms with van der Waals surface area (Å²) in [5, 5.41) is 8.77. The standard InChI is InChI=1S/C9H20N4O2/c10-8(9(11)15)7-13-3-1-12(2-4-13)5-6-14/h8,14H,1-7,10H2,(H2,11,15). The minimum Gasteiger partial charge on any atom is -0.395 e. The van der Waals surface area contributed by atoms with Crippen LogP contribution in [-0.2, 0) is 4.79 Å². The van der Waals surface area contributed by atoms with Crippen LogP contribution < -0.4 is 11.5 Å². The van der Waals surface area contributed by atoms with Crippen LogP contribution in [0.4, 0.5) is 0 Å². The largest absolute Gasteiger partial charge is 0.395 e. The van der Waals surface area contributed by atoms with Crippen molar-refractivity contribution in [3.8, 4) is 0 Å². The average molecular weight is 216 g/mol. The maximum atomic E-state index is 10.8. The minimum atomic E-state index is -0.575. The Morgan fingerprint density at radius 2 is 1.80 bits per heavy atom. The molecule has 0 aliphatic carbocycles. The van der Waals surface area contributed by atoms with Gasteiger partial charge in [-0.1, -0.05) is 0 Å². The predicted octanol–water partition coefficient (Wildman–Crippen LogP) is -2.59. The van der Waals surface area contributed by atoms with Gasteiger partial charge in [0, 0.05) is 39.3 Å². The number of piperazine rings is 1. The molecule has 1 aliphatic heterocycles. The number of carbonyl (C=O) groups is 1. The van der Waals surface area contributed by atoms with Crippen molar-refractivity contribution in [3.05, 3.63) is 0 Å². The minimum absolute atomic E-state index is 0.195. The lowest BCUT2D eigenvalue weighted by Gasteiger charge is -2.35. The van der Waals surface area contributed by atoms with E-state index in [1.807, 2.05) is 0 Å². The van der Waals surface area contributed by atoms with E-state index in [0.717, 1.165) is 32.7 Å². The topological polar surface area (TPSA) is 95.8 Å². The van der Waals surface area contributed by atoms with E-state index in [1.54, 1.807) is 0 Å². The van der Waals surface area contributed by atoms with Crippen LogP contribution in [0.5, 0.6) is 0 Å². The fourth-order valence-corrected chi connectivity index (χ4v) is 1.71. The lowest BCUT2D eigenvalue weighted by atomic mass is 10.2. The summed E-state index contributed by atoms with van der Waals surface area (Å²) in [5.41, 5.74) is 10.7. The number of amides is 1. The summed E-state index contributed by atoms with van der Waals surface area (Å²) in [6, 6.07) is -0.575. The van der Waals surface area contributed by atoms with Gasteiger partial charge in [0.25, 0.3) is 0 Å². The second kappa shape index (κ2) is 6.02. The number of nitrogens with two attached hydrogens (primary N) is 2. The number of hydrogen-bond donors (Lipinski definition) is 3. The van der Waals surface area contributed by atoms with Gasteiger partial charge in [-0.25, -0.2) is 0 Å². The smallest absolute Gasteiger partial charge is 0.235 e. The van der Waals surface area contributed by atoms with E-state index in [2.05, 4.69) is 9.80 Å². The fraction of sp³-hybridized carbons (Fsp3) is 0.889. The molecule has 1 aliphatic rings. The summed E-state index contributed by atoms with van der Waals surface area (Å²) < 4.78 is 0. The zero-order valence-corrected chi connectivity index (χ0v) is 8.93. The molecule has 0 aromatic carbocycles. The summed E-state index contributed by atoms with van der Waals surface area (Å²) in [4.78, 5) is 15.1. The maximum absolute atomic E-state index is 10.8.